The van der Waals surface area contributed by atoms with Gasteiger partial charge in [0.2, 0.25) is 11.0 Å². The van der Waals surface area contributed by atoms with Crippen LogP contribution in [0.1, 0.15) is 25.0 Å². The van der Waals surface area contributed by atoms with Crippen LogP contribution in [0.15, 0.2) is 115 Å². The maximum atomic E-state index is 2.30. The maximum Gasteiger partial charge on any atom is 0.213 e. The number of aryl methyl sites for hydroxylation is 1. The summed E-state index contributed by atoms with van der Waals surface area (Å²) in [6.45, 7) is 4.59. The van der Waals surface area contributed by atoms with Gasteiger partial charge in [0.1, 0.15) is 7.05 Å². The standard InChI is InChI=1S/C32H31N2/c1-32(2)27-19-12-15-22-30(27)34(4)31(32)23-9-7-5-6-8-16-24-25-17-10-13-20-28(25)33(3)29-21-14-11-18-26(24)29/h5-23H,1-4H3/q+1. The molecule has 34 heavy (non-hydrogen) atoms. The number of hydrogen-bond donors (Lipinski definition) is 0. The van der Waals surface area contributed by atoms with E-state index < -0.39 is 0 Å². The second kappa shape index (κ2) is 8.79. The number of likely N-dealkylation sites (N-methyl/N-ethyl adjacent to an activating group) is 1. The Morgan fingerprint density at radius 3 is 1.94 bits per heavy atom. The molecule has 5 rings (SSSR count). The molecule has 0 amide bonds. The highest BCUT2D eigenvalue weighted by atomic mass is 15.2. The predicted octanol–water partition coefficient (Wildman–Crippen LogP) is 7.25. The lowest BCUT2D eigenvalue weighted by Gasteiger charge is -2.23. The van der Waals surface area contributed by atoms with Gasteiger partial charge in [0.15, 0.2) is 0 Å². The van der Waals surface area contributed by atoms with Crippen molar-refractivity contribution >= 4 is 33.6 Å². The average Bonchev–Trinajstić information content (AvgIpc) is 3.05. The van der Waals surface area contributed by atoms with Crippen molar-refractivity contribution in [2.45, 2.75) is 19.3 Å². The number of nitrogens with zero attached hydrogens (tertiary/aromatic N) is 2. The first kappa shape index (κ1) is 21.9. The van der Waals surface area contributed by atoms with Crippen molar-refractivity contribution in [2.75, 3.05) is 11.9 Å². The summed E-state index contributed by atoms with van der Waals surface area (Å²) < 4.78 is 2.27. The highest BCUT2D eigenvalue weighted by Crippen LogP contribution is 2.46. The van der Waals surface area contributed by atoms with Crippen molar-refractivity contribution in [3.8, 4) is 0 Å². The van der Waals surface area contributed by atoms with E-state index in [-0.39, 0.29) is 5.41 Å². The number of hydrogen-bond acceptors (Lipinski definition) is 1. The Kier molecular flexibility index (Phi) is 5.67. The first-order valence-electron chi connectivity index (χ1n) is 11.8. The molecular formula is C32H31N2+. The third kappa shape index (κ3) is 3.66. The van der Waals surface area contributed by atoms with Gasteiger partial charge in [0, 0.05) is 41.5 Å². The van der Waals surface area contributed by atoms with Crippen LogP contribution in [0.2, 0.25) is 0 Å². The molecule has 0 atom stereocenters. The quantitative estimate of drug-likeness (QED) is 0.183. The van der Waals surface area contributed by atoms with E-state index >= 15 is 0 Å². The van der Waals surface area contributed by atoms with Crippen molar-refractivity contribution in [2.24, 2.45) is 7.05 Å². The molecule has 0 unspecified atom stereocenters. The lowest BCUT2D eigenvalue weighted by atomic mass is 9.84. The highest BCUT2D eigenvalue weighted by molar-refractivity contribution is 6.00. The molecule has 0 saturated carbocycles. The van der Waals surface area contributed by atoms with Crippen molar-refractivity contribution in [1.82, 2.24) is 0 Å². The summed E-state index contributed by atoms with van der Waals surface area (Å²) >= 11 is 0. The van der Waals surface area contributed by atoms with E-state index in [0.29, 0.717) is 0 Å². The predicted molar refractivity (Wildman–Crippen MR) is 146 cm³/mol. The third-order valence-corrected chi connectivity index (χ3v) is 7.01. The zero-order valence-corrected chi connectivity index (χ0v) is 20.4. The van der Waals surface area contributed by atoms with E-state index in [1.807, 2.05) is 0 Å². The number of pyridine rings is 1. The summed E-state index contributed by atoms with van der Waals surface area (Å²) in [7, 11) is 4.29. The van der Waals surface area contributed by atoms with E-state index in [4.69, 9.17) is 0 Å². The van der Waals surface area contributed by atoms with Crippen molar-refractivity contribution in [1.29, 1.82) is 0 Å². The molecule has 4 aromatic rings. The summed E-state index contributed by atoms with van der Waals surface area (Å²) in [5, 5.41) is 2.53. The molecule has 1 aromatic heterocycles. The number of benzene rings is 3. The maximum absolute atomic E-state index is 2.30. The van der Waals surface area contributed by atoms with Gasteiger partial charge in [-0.2, -0.15) is 4.57 Å². The molecule has 3 aromatic carbocycles. The Hall–Kier alpha value is -3.91. The molecule has 0 bridgehead atoms. The number of aromatic nitrogens is 1. The summed E-state index contributed by atoms with van der Waals surface area (Å²) in [6.07, 6.45) is 15.0. The minimum Gasteiger partial charge on any atom is -0.347 e. The molecule has 0 aliphatic carbocycles. The molecule has 1 aliphatic rings. The molecule has 2 heteroatoms. The van der Waals surface area contributed by atoms with Gasteiger partial charge >= 0.3 is 0 Å². The minimum absolute atomic E-state index is 0.00483. The lowest BCUT2D eigenvalue weighted by molar-refractivity contribution is -0.617. The summed E-state index contributed by atoms with van der Waals surface area (Å²) in [4.78, 5) is 2.30. The molecular weight excluding hydrogens is 412 g/mol. The van der Waals surface area contributed by atoms with Gasteiger partial charge in [0.25, 0.3) is 0 Å². The third-order valence-electron chi connectivity index (χ3n) is 7.01. The number of fused-ring (bicyclic) bond motifs is 3. The normalized spacial score (nSPS) is 16.7. The number of rotatable bonds is 4. The Bertz CT molecular complexity index is 1440. The van der Waals surface area contributed by atoms with Gasteiger partial charge in [0.05, 0.1) is 10.8 Å². The monoisotopic (exact) mass is 443 g/mol. The van der Waals surface area contributed by atoms with E-state index in [9.17, 15) is 0 Å². The molecule has 0 N–H and O–H groups in total. The topological polar surface area (TPSA) is 7.12 Å². The van der Waals surface area contributed by atoms with E-state index in [1.165, 1.54) is 44.3 Å². The molecule has 0 saturated heterocycles. The Morgan fingerprint density at radius 2 is 1.26 bits per heavy atom. The van der Waals surface area contributed by atoms with Crippen LogP contribution in [0, 0.1) is 0 Å². The molecule has 168 valence electrons. The first-order chi connectivity index (χ1) is 16.5. The number of para-hydroxylation sites is 3. The highest BCUT2D eigenvalue weighted by Gasteiger charge is 2.37. The van der Waals surface area contributed by atoms with Crippen molar-refractivity contribution in [3.63, 3.8) is 0 Å². The first-order valence-corrected chi connectivity index (χ1v) is 11.8. The zero-order chi connectivity index (χ0) is 23.7. The fourth-order valence-corrected chi connectivity index (χ4v) is 5.23. The van der Waals surface area contributed by atoms with E-state index in [1.54, 1.807) is 0 Å². The minimum atomic E-state index is 0.00483. The van der Waals surface area contributed by atoms with Crippen LogP contribution >= 0.6 is 0 Å². The van der Waals surface area contributed by atoms with Gasteiger partial charge < -0.3 is 4.90 Å². The summed E-state index contributed by atoms with van der Waals surface area (Å²) in [5.41, 5.74) is 7.72. The molecule has 2 nitrogen and oxygen atoms in total. The summed E-state index contributed by atoms with van der Waals surface area (Å²) in [6, 6.07) is 25.9. The van der Waals surface area contributed by atoms with Gasteiger partial charge in [-0.1, -0.05) is 92.8 Å². The number of allylic oxidation sites excluding steroid dienone is 7. The van der Waals surface area contributed by atoms with Gasteiger partial charge in [-0.3, -0.25) is 0 Å². The van der Waals surface area contributed by atoms with E-state index in [2.05, 4.69) is 153 Å². The van der Waals surface area contributed by atoms with Crippen LogP contribution < -0.4 is 9.47 Å². The van der Waals surface area contributed by atoms with Gasteiger partial charge in [-0.05, 0) is 29.8 Å². The SMILES string of the molecule is CN1\C(=C/C=C/C=C/C=C/c2c3ccccc3[n+](C)c3ccccc23)C(C)(C)c2ccccc21. The Labute approximate surface area is 202 Å². The van der Waals surface area contributed by atoms with Gasteiger partial charge in [-0.25, -0.2) is 0 Å². The fourth-order valence-electron chi connectivity index (χ4n) is 5.23. The molecule has 1 aliphatic heterocycles. The molecule has 0 fully saturated rings. The molecule has 0 spiro atoms. The molecule has 2 heterocycles. The Morgan fingerprint density at radius 1 is 0.706 bits per heavy atom. The fraction of sp³-hybridized carbons (Fsp3) is 0.156. The van der Waals surface area contributed by atoms with Crippen molar-refractivity contribution < 1.29 is 4.57 Å². The lowest BCUT2D eigenvalue weighted by Crippen LogP contribution is -2.30. The van der Waals surface area contributed by atoms with Gasteiger partial charge in [-0.15, -0.1) is 0 Å². The largest absolute Gasteiger partial charge is 0.347 e. The zero-order valence-electron chi connectivity index (χ0n) is 20.4. The van der Waals surface area contributed by atoms with Crippen LogP contribution in [-0.2, 0) is 12.5 Å². The number of anilines is 1. The molecule has 0 radical (unpaired) electrons. The van der Waals surface area contributed by atoms with Crippen LogP contribution in [0.5, 0.6) is 0 Å². The van der Waals surface area contributed by atoms with E-state index in [0.717, 1.165) is 0 Å². The van der Waals surface area contributed by atoms with Crippen molar-refractivity contribution in [3.05, 3.63) is 126 Å². The summed E-state index contributed by atoms with van der Waals surface area (Å²) in [5.74, 6) is 0. The van der Waals surface area contributed by atoms with Crippen LogP contribution in [0.4, 0.5) is 5.69 Å². The van der Waals surface area contributed by atoms with Crippen LogP contribution in [-0.4, -0.2) is 7.05 Å². The second-order valence-corrected chi connectivity index (χ2v) is 9.39. The second-order valence-electron chi connectivity index (χ2n) is 9.39. The smallest absolute Gasteiger partial charge is 0.213 e. The average molecular weight is 444 g/mol. The van der Waals surface area contributed by atoms with Crippen LogP contribution in [0.25, 0.3) is 27.9 Å². The van der Waals surface area contributed by atoms with Crippen LogP contribution in [0.3, 0.4) is 0 Å². The Balaban J connectivity index is 1.39.